The summed E-state index contributed by atoms with van der Waals surface area (Å²) in [6.45, 7) is 9.91. The van der Waals surface area contributed by atoms with Gasteiger partial charge in [-0.15, -0.1) is 0 Å². The molecule has 0 saturated heterocycles. The molecule has 1 fully saturated rings. The smallest absolute Gasteiger partial charge is 0.350 e. The molecule has 4 nitrogen and oxygen atoms in total. The summed E-state index contributed by atoms with van der Waals surface area (Å²) in [5.41, 5.74) is -1.17. The number of hydrogen-bond donors (Lipinski definition) is 0. The highest BCUT2D eigenvalue weighted by molar-refractivity contribution is 6.09. The molecule has 0 spiro atoms. The fourth-order valence-electron chi connectivity index (χ4n) is 4.97. The first-order chi connectivity index (χ1) is 17.2. The normalized spacial score (nSPS) is 21.1. The standard InChI is InChI=1S/C27H32F6N4/c1-6-20-11-25(8-17(20)3)37(18(4)34-13-21(7-2)22-14-35-36(5)16-22)15-19-9-23(26(28,29)30)12-24(10-19)27(31,32)33/h7,9-10,12-14,16-17,20,25H,4,6,8,11,15H2,1-3,5H3/b21-7+,34-13?/t17-,20+,25+/m0/s1. The van der Waals surface area contributed by atoms with Crippen LogP contribution in [0.3, 0.4) is 0 Å². The Hall–Kier alpha value is -3.04. The van der Waals surface area contributed by atoms with Gasteiger partial charge in [-0.25, -0.2) is 4.99 Å². The quantitative estimate of drug-likeness (QED) is 0.261. The van der Waals surface area contributed by atoms with E-state index in [4.69, 9.17) is 0 Å². The maximum Gasteiger partial charge on any atom is 0.416 e. The Morgan fingerprint density at radius 3 is 2.22 bits per heavy atom. The van der Waals surface area contributed by atoms with Crippen LogP contribution in [0.4, 0.5) is 26.3 Å². The molecule has 202 valence electrons. The Labute approximate surface area is 213 Å². The van der Waals surface area contributed by atoms with Crippen molar-refractivity contribution in [1.82, 2.24) is 14.7 Å². The van der Waals surface area contributed by atoms with Crippen molar-refractivity contribution in [3.05, 3.63) is 71.3 Å². The summed E-state index contributed by atoms with van der Waals surface area (Å²) in [4.78, 5) is 6.24. The van der Waals surface area contributed by atoms with Crippen LogP contribution in [0.5, 0.6) is 0 Å². The van der Waals surface area contributed by atoms with Gasteiger partial charge in [0.05, 0.1) is 17.3 Å². The number of alkyl halides is 6. The zero-order chi connectivity index (χ0) is 27.5. The third-order valence-electron chi connectivity index (χ3n) is 7.02. The summed E-state index contributed by atoms with van der Waals surface area (Å²) in [6, 6.07) is 1.60. The molecule has 0 N–H and O–H groups in total. The van der Waals surface area contributed by atoms with Crippen LogP contribution in [0.15, 0.2) is 54.1 Å². The first-order valence-corrected chi connectivity index (χ1v) is 12.2. The first kappa shape index (κ1) is 28.5. The van der Waals surface area contributed by atoms with E-state index < -0.39 is 23.5 Å². The van der Waals surface area contributed by atoms with Crippen LogP contribution in [-0.2, 0) is 25.9 Å². The Morgan fingerprint density at radius 2 is 1.76 bits per heavy atom. The van der Waals surface area contributed by atoms with Crippen LogP contribution in [-0.4, -0.2) is 26.9 Å². The lowest BCUT2D eigenvalue weighted by Crippen LogP contribution is -2.32. The Bertz CT molecular complexity index is 1130. The number of benzene rings is 1. The average molecular weight is 527 g/mol. The molecule has 2 aromatic rings. The molecule has 0 bridgehead atoms. The number of hydrogen-bond acceptors (Lipinski definition) is 3. The molecule has 1 aliphatic rings. The lowest BCUT2D eigenvalue weighted by Gasteiger charge is -2.31. The maximum atomic E-state index is 13.5. The number of nitrogens with zero attached hydrogens (tertiary/aromatic N) is 4. The van der Waals surface area contributed by atoms with E-state index in [2.05, 4.69) is 30.5 Å². The van der Waals surface area contributed by atoms with E-state index in [9.17, 15) is 26.3 Å². The van der Waals surface area contributed by atoms with Gasteiger partial charge in [0.2, 0.25) is 0 Å². The lowest BCUT2D eigenvalue weighted by atomic mass is 9.96. The van der Waals surface area contributed by atoms with Crippen molar-refractivity contribution in [2.75, 3.05) is 0 Å². The fourth-order valence-corrected chi connectivity index (χ4v) is 4.97. The number of rotatable bonds is 8. The molecule has 37 heavy (non-hydrogen) atoms. The second kappa shape index (κ2) is 11.1. The highest BCUT2D eigenvalue weighted by Crippen LogP contribution is 2.40. The molecule has 1 aromatic heterocycles. The molecular weight excluding hydrogens is 494 g/mol. The molecule has 1 aliphatic carbocycles. The van der Waals surface area contributed by atoms with Crippen molar-refractivity contribution in [3.63, 3.8) is 0 Å². The van der Waals surface area contributed by atoms with Crippen LogP contribution in [0.1, 0.15) is 62.3 Å². The molecule has 10 heteroatoms. The summed E-state index contributed by atoms with van der Waals surface area (Å²) < 4.78 is 82.4. The Balaban J connectivity index is 1.98. The number of aryl methyl sites for hydroxylation is 1. The zero-order valence-electron chi connectivity index (χ0n) is 21.4. The van der Waals surface area contributed by atoms with Crippen LogP contribution >= 0.6 is 0 Å². The van der Waals surface area contributed by atoms with Gasteiger partial charge in [0.1, 0.15) is 5.82 Å². The van der Waals surface area contributed by atoms with E-state index in [1.54, 1.807) is 29.0 Å². The van der Waals surface area contributed by atoms with E-state index in [0.717, 1.165) is 42.5 Å². The van der Waals surface area contributed by atoms with Crippen molar-refractivity contribution in [2.24, 2.45) is 23.9 Å². The molecule has 0 aliphatic heterocycles. The number of halogens is 6. The van der Waals surface area contributed by atoms with Gasteiger partial charge in [0, 0.05) is 37.6 Å². The Morgan fingerprint density at radius 1 is 1.14 bits per heavy atom. The van der Waals surface area contributed by atoms with Crippen molar-refractivity contribution in [3.8, 4) is 0 Å². The maximum absolute atomic E-state index is 13.5. The van der Waals surface area contributed by atoms with Gasteiger partial charge in [0.15, 0.2) is 0 Å². The molecule has 3 atom stereocenters. The predicted molar refractivity (Wildman–Crippen MR) is 132 cm³/mol. The van der Waals surface area contributed by atoms with Gasteiger partial charge in [0.25, 0.3) is 0 Å². The Kier molecular flexibility index (Phi) is 8.59. The molecule has 0 amide bonds. The van der Waals surface area contributed by atoms with Crippen LogP contribution in [0, 0.1) is 11.8 Å². The third kappa shape index (κ3) is 7.05. The van der Waals surface area contributed by atoms with Gasteiger partial charge in [-0.05, 0) is 60.9 Å². The summed E-state index contributed by atoms with van der Waals surface area (Å²) in [7, 11) is 1.78. The van der Waals surface area contributed by atoms with Gasteiger partial charge in [-0.2, -0.15) is 31.4 Å². The zero-order valence-corrected chi connectivity index (χ0v) is 21.4. The molecule has 1 aromatic carbocycles. The lowest BCUT2D eigenvalue weighted by molar-refractivity contribution is -0.143. The fraction of sp³-hybridized carbons (Fsp3) is 0.481. The van der Waals surface area contributed by atoms with Gasteiger partial charge >= 0.3 is 12.4 Å². The first-order valence-electron chi connectivity index (χ1n) is 12.2. The molecule has 0 unspecified atom stereocenters. The van der Waals surface area contributed by atoms with Gasteiger partial charge in [-0.1, -0.05) is 32.9 Å². The summed E-state index contributed by atoms with van der Waals surface area (Å²) in [5, 5.41) is 4.15. The van der Waals surface area contributed by atoms with Crippen LogP contribution in [0.2, 0.25) is 0 Å². The monoisotopic (exact) mass is 526 g/mol. The van der Waals surface area contributed by atoms with E-state index in [1.165, 1.54) is 0 Å². The minimum atomic E-state index is -4.91. The highest BCUT2D eigenvalue weighted by atomic mass is 19.4. The molecule has 1 saturated carbocycles. The topological polar surface area (TPSA) is 33.4 Å². The van der Waals surface area contributed by atoms with Gasteiger partial charge < -0.3 is 4.90 Å². The largest absolute Gasteiger partial charge is 0.416 e. The number of allylic oxidation sites excluding steroid dienone is 2. The summed E-state index contributed by atoms with van der Waals surface area (Å²) in [5.74, 6) is 1.05. The molecule has 0 radical (unpaired) electrons. The SMILES string of the molecule is C=C(N=C/C(=C\C)c1cnn(C)c1)N(Cc1cc(C(F)(F)F)cc(C(F)(F)F)c1)[C@H]1C[C@@H](CC)[C@@H](C)C1. The highest BCUT2D eigenvalue weighted by Gasteiger charge is 2.38. The molecule has 1 heterocycles. The number of aromatic nitrogens is 2. The third-order valence-corrected chi connectivity index (χ3v) is 7.02. The van der Waals surface area contributed by atoms with Crippen molar-refractivity contribution >= 4 is 11.8 Å². The number of aliphatic imine (C=N–C) groups is 1. The minimum absolute atomic E-state index is 0.0929. The van der Waals surface area contributed by atoms with E-state index >= 15 is 0 Å². The second-order valence-corrected chi connectivity index (χ2v) is 9.63. The van der Waals surface area contributed by atoms with E-state index in [1.807, 2.05) is 19.2 Å². The van der Waals surface area contributed by atoms with Crippen molar-refractivity contribution < 1.29 is 26.3 Å². The van der Waals surface area contributed by atoms with Crippen LogP contribution < -0.4 is 0 Å². The van der Waals surface area contributed by atoms with E-state index in [-0.39, 0.29) is 30.0 Å². The molecular formula is C27H32F6N4. The van der Waals surface area contributed by atoms with Crippen molar-refractivity contribution in [2.45, 2.75) is 65.0 Å². The predicted octanol–water partition coefficient (Wildman–Crippen LogP) is 7.73. The van der Waals surface area contributed by atoms with Gasteiger partial charge in [-0.3, -0.25) is 4.68 Å². The van der Waals surface area contributed by atoms with Crippen LogP contribution in [0.25, 0.3) is 5.57 Å². The summed E-state index contributed by atoms with van der Waals surface area (Å²) in [6.07, 6.45) is -0.451. The van der Waals surface area contributed by atoms with E-state index in [0.29, 0.717) is 11.8 Å². The second-order valence-electron chi connectivity index (χ2n) is 9.63. The van der Waals surface area contributed by atoms with Crippen molar-refractivity contribution in [1.29, 1.82) is 0 Å². The minimum Gasteiger partial charge on any atom is -0.350 e. The molecule has 3 rings (SSSR count). The summed E-state index contributed by atoms with van der Waals surface area (Å²) >= 11 is 0. The average Bonchev–Trinajstić information content (AvgIpc) is 3.41.